The van der Waals surface area contributed by atoms with Gasteiger partial charge in [-0.15, -0.1) is 0 Å². The number of para-hydroxylation sites is 4. The number of rotatable bonds is 12. The van der Waals surface area contributed by atoms with Gasteiger partial charge in [0, 0.05) is 8.30 Å². The smallest absolute Gasteiger partial charge is 0.145 e. The van der Waals surface area contributed by atoms with E-state index < -0.39 is 11.8 Å². The van der Waals surface area contributed by atoms with Gasteiger partial charge in [0.25, 0.3) is 0 Å². The number of fused-ring (bicyclic) bond motifs is 2. The molecule has 5 heteroatoms. The number of hydrogen-bond donors (Lipinski definition) is 1. The van der Waals surface area contributed by atoms with Crippen molar-refractivity contribution in [2.75, 3.05) is 10.2 Å². The average Bonchev–Trinajstić information content (AvgIpc) is 3.94. The summed E-state index contributed by atoms with van der Waals surface area (Å²) in [6.45, 7) is 37.7. The van der Waals surface area contributed by atoms with Crippen molar-refractivity contribution in [1.29, 1.82) is 0 Å². The fourth-order valence-electron chi connectivity index (χ4n) is 10.7. The molecule has 1 aliphatic rings. The predicted molar refractivity (Wildman–Crippen MR) is 317 cm³/mol. The molecule has 0 bridgehead atoms. The predicted octanol–water partition coefficient (Wildman–Crippen LogP) is 20.1. The summed E-state index contributed by atoms with van der Waals surface area (Å²) in [4.78, 5) is 8.05. The van der Waals surface area contributed by atoms with Gasteiger partial charge in [0.15, 0.2) is 0 Å². The van der Waals surface area contributed by atoms with E-state index in [4.69, 9.17) is 9.72 Å². The van der Waals surface area contributed by atoms with Crippen molar-refractivity contribution < 1.29 is 7.48 Å². The van der Waals surface area contributed by atoms with Crippen LogP contribution in [0.1, 0.15) is 195 Å². The van der Waals surface area contributed by atoms with Crippen LogP contribution < -0.4 is 15.0 Å². The summed E-state index contributed by atoms with van der Waals surface area (Å²) in [5, 5.41) is 4.02. The highest BCUT2D eigenvalue weighted by Gasteiger charge is 2.36. The van der Waals surface area contributed by atoms with Gasteiger partial charge in [0.1, 0.15) is 23.5 Å². The zero-order chi connectivity index (χ0) is 55.0. The van der Waals surface area contributed by atoms with Crippen LogP contribution in [0.25, 0.3) is 39.2 Å². The zero-order valence-corrected chi connectivity index (χ0v) is 47.4. The molecule has 8 aromatic rings. The van der Waals surface area contributed by atoms with Crippen LogP contribution in [0.5, 0.6) is 11.5 Å². The van der Waals surface area contributed by atoms with E-state index in [0.29, 0.717) is 5.56 Å². The second kappa shape index (κ2) is 19.9. The number of nitrogens with zero attached hydrogens (tertiary/aromatic N) is 3. The highest BCUT2D eigenvalue weighted by atomic mass is 16.5. The maximum absolute atomic E-state index is 9.44. The van der Waals surface area contributed by atoms with Crippen molar-refractivity contribution in [1.82, 2.24) is 9.55 Å². The van der Waals surface area contributed by atoms with Gasteiger partial charge in [-0.3, -0.25) is 4.57 Å². The van der Waals surface area contributed by atoms with E-state index in [9.17, 15) is 2.74 Å². The molecular weight excluding hydrogens is 901 g/mol. The Morgan fingerprint density at radius 3 is 1.65 bits per heavy atom. The van der Waals surface area contributed by atoms with Gasteiger partial charge in [-0.1, -0.05) is 190 Å². The van der Waals surface area contributed by atoms with Crippen LogP contribution in [-0.2, 0) is 17.2 Å². The summed E-state index contributed by atoms with van der Waals surface area (Å²) in [6, 6.07) is 50.5. The average molecular weight is 985 g/mol. The van der Waals surface area contributed by atoms with Crippen LogP contribution in [0, 0.1) is 5.41 Å². The van der Waals surface area contributed by atoms with E-state index in [-0.39, 0.29) is 40.7 Å². The molecule has 1 aliphatic heterocycles. The van der Waals surface area contributed by atoms with Gasteiger partial charge in [0.2, 0.25) is 0 Å². The van der Waals surface area contributed by atoms with Gasteiger partial charge in [-0.05, 0) is 169 Å². The molecule has 5 nitrogen and oxygen atoms in total. The fraction of sp³-hybridized carbons (Fsp3) is 0.377. The first-order valence-corrected chi connectivity index (χ1v) is 27.2. The van der Waals surface area contributed by atoms with Crippen LogP contribution >= 0.6 is 0 Å². The molecule has 0 saturated heterocycles. The van der Waals surface area contributed by atoms with Crippen molar-refractivity contribution in [3.8, 4) is 39.7 Å². The number of nitrogens with one attached hydrogen (secondary N) is 1. The molecule has 0 aliphatic carbocycles. The Morgan fingerprint density at radius 1 is 0.541 bits per heavy atom. The molecule has 9 rings (SSSR count). The van der Waals surface area contributed by atoms with E-state index in [1.165, 1.54) is 33.5 Å². The summed E-state index contributed by atoms with van der Waals surface area (Å²) in [5.74, 6) is 3.04. The summed E-state index contributed by atoms with van der Waals surface area (Å²) in [6.07, 6.45) is -1.79. The lowest BCUT2D eigenvalue weighted by atomic mass is 9.83. The minimum atomic E-state index is -1.56. The first-order valence-electron chi connectivity index (χ1n) is 28.2. The van der Waals surface area contributed by atoms with Crippen LogP contribution in [-0.4, -0.2) is 9.55 Å². The first kappa shape index (κ1) is 49.6. The van der Waals surface area contributed by atoms with E-state index in [1.54, 1.807) is 0 Å². The quantitative estimate of drug-likeness (QED) is 0.132. The monoisotopic (exact) mass is 985 g/mol. The number of imidazole rings is 1. The number of anilines is 3. The van der Waals surface area contributed by atoms with Crippen molar-refractivity contribution in [3.05, 3.63) is 184 Å². The molecular formula is C69H82N4O. The number of aromatic nitrogens is 2. The number of benzene rings is 7. The maximum atomic E-state index is 9.44. The number of ether oxygens (including phenoxy) is 1. The molecule has 384 valence electrons. The highest BCUT2D eigenvalue weighted by molar-refractivity contribution is 5.88. The largest absolute Gasteiger partial charge is 0.457 e. The first-order chi connectivity index (χ1) is 35.6. The molecule has 2 heterocycles. The SMILES string of the molecule is [2H]C([2H])(c1cc(C(C)C)c(-n2c(-c3cc(Oc4cc(C5Nc6ccccc6N5c5c(C(C)C)cc(-c6ccccc6)cc5C(C)C)cc(C(C)(C)C)c4)cc(C(C)(C)C)c3)nc3ccccc32)c(C(C)C)c1)C(C)(C)C. The normalized spacial score (nSPS) is 14.8. The Labute approximate surface area is 447 Å². The Kier molecular flexibility index (Phi) is 13.4. The third-order valence-electron chi connectivity index (χ3n) is 14.6. The lowest BCUT2D eigenvalue weighted by Crippen LogP contribution is -2.27. The van der Waals surface area contributed by atoms with Crippen molar-refractivity contribution in [3.63, 3.8) is 0 Å². The Morgan fingerprint density at radius 2 is 1.07 bits per heavy atom. The van der Waals surface area contributed by atoms with E-state index in [2.05, 4.69) is 251 Å². The molecule has 0 radical (unpaired) electrons. The number of hydrogen-bond acceptors (Lipinski definition) is 4. The molecule has 0 spiro atoms. The Bertz CT molecular complexity index is 3370. The minimum Gasteiger partial charge on any atom is -0.457 e. The van der Waals surface area contributed by atoms with E-state index >= 15 is 0 Å². The maximum Gasteiger partial charge on any atom is 0.145 e. The third-order valence-corrected chi connectivity index (χ3v) is 14.6. The molecule has 0 fully saturated rings. The summed E-state index contributed by atoms with van der Waals surface area (Å²) < 4.78 is 28.6. The summed E-state index contributed by atoms with van der Waals surface area (Å²) in [7, 11) is 0. The minimum absolute atomic E-state index is 0.0990. The second-order valence-electron chi connectivity index (χ2n) is 25.2. The van der Waals surface area contributed by atoms with Gasteiger partial charge in [-0.25, -0.2) is 4.98 Å². The van der Waals surface area contributed by atoms with Crippen LogP contribution in [0.3, 0.4) is 0 Å². The molecule has 1 atom stereocenters. The van der Waals surface area contributed by atoms with Crippen LogP contribution in [0.4, 0.5) is 17.1 Å². The van der Waals surface area contributed by atoms with Crippen molar-refractivity contribution in [2.45, 2.75) is 165 Å². The van der Waals surface area contributed by atoms with Crippen molar-refractivity contribution >= 4 is 28.1 Å². The van der Waals surface area contributed by atoms with Crippen molar-refractivity contribution in [2.24, 2.45) is 5.41 Å². The Balaban J connectivity index is 1.23. The molecule has 1 aromatic heterocycles. The summed E-state index contributed by atoms with van der Waals surface area (Å²) >= 11 is 0. The lowest BCUT2D eigenvalue weighted by molar-refractivity contribution is 0.411. The third kappa shape index (κ3) is 10.5. The summed E-state index contributed by atoms with van der Waals surface area (Å²) in [5.41, 5.74) is 17.8. The fourth-order valence-corrected chi connectivity index (χ4v) is 10.7. The molecule has 0 saturated carbocycles. The van der Waals surface area contributed by atoms with E-state index in [0.717, 1.165) is 73.2 Å². The van der Waals surface area contributed by atoms with Gasteiger partial charge < -0.3 is 15.0 Å². The zero-order valence-electron chi connectivity index (χ0n) is 49.4. The van der Waals surface area contributed by atoms with Gasteiger partial charge in [0.05, 0.1) is 33.8 Å². The van der Waals surface area contributed by atoms with Crippen LogP contribution in [0.15, 0.2) is 140 Å². The molecule has 1 N–H and O–H groups in total. The molecule has 1 unspecified atom stereocenters. The van der Waals surface area contributed by atoms with Gasteiger partial charge in [-0.2, -0.15) is 0 Å². The Hall–Kier alpha value is -6.59. The van der Waals surface area contributed by atoms with Crippen LogP contribution in [0.2, 0.25) is 0 Å². The van der Waals surface area contributed by atoms with Gasteiger partial charge >= 0.3 is 0 Å². The molecule has 0 amide bonds. The molecule has 7 aromatic carbocycles. The lowest BCUT2D eigenvalue weighted by Gasteiger charge is -2.34. The standard InChI is InChI=1S/C69H82N4O/c1-42(2)55-31-46(41-67(9,10)11)32-56(43(3)4)63(55)72-61-29-23-21-27-59(61)70-65(72)49-33-51(68(12,13)14)39-53(35-49)74-54-36-50(34-52(40-54)69(15,16)17)66-71-60-28-22-24-30-62(60)73(66)64-57(44(5)6)37-48(38-58(64)45(7)8)47-25-19-18-20-26-47/h18-40,42-45,66,71H,41H2,1-17H3/i41D2. The second-order valence-corrected chi connectivity index (χ2v) is 25.2. The molecule has 74 heavy (non-hydrogen) atoms. The van der Waals surface area contributed by atoms with E-state index in [1.807, 2.05) is 20.8 Å². The highest BCUT2D eigenvalue weighted by Crippen LogP contribution is 2.52. The topological polar surface area (TPSA) is 42.3 Å².